The first kappa shape index (κ1) is 28.9. The lowest BCUT2D eigenvalue weighted by molar-refractivity contribution is -0.158. The summed E-state index contributed by atoms with van der Waals surface area (Å²) in [6.45, 7) is 18.4. The Morgan fingerprint density at radius 1 is 0.909 bits per heavy atom. The van der Waals surface area contributed by atoms with Crippen molar-refractivity contribution in [3.8, 4) is 0 Å². The van der Waals surface area contributed by atoms with Gasteiger partial charge in [0.15, 0.2) is 5.78 Å². The van der Waals surface area contributed by atoms with Crippen molar-refractivity contribution in [1.29, 1.82) is 0 Å². The van der Waals surface area contributed by atoms with Crippen molar-refractivity contribution in [2.45, 2.75) is 105 Å². The predicted octanol–water partition coefficient (Wildman–Crippen LogP) is 2.57. The number of esters is 1. The van der Waals surface area contributed by atoms with Gasteiger partial charge in [0.2, 0.25) is 5.91 Å². The van der Waals surface area contributed by atoms with E-state index in [9.17, 15) is 19.2 Å². The maximum absolute atomic E-state index is 13.1. The smallest absolute Gasteiger partial charge is 0.329 e. The predicted molar refractivity (Wildman–Crippen MR) is 126 cm³/mol. The Labute approximate surface area is 198 Å². The molecule has 1 aliphatic heterocycles. The van der Waals surface area contributed by atoms with Crippen LogP contribution in [-0.2, 0) is 23.9 Å². The summed E-state index contributed by atoms with van der Waals surface area (Å²) in [4.78, 5) is 51.1. The Balaban J connectivity index is 2.89. The van der Waals surface area contributed by atoms with Crippen LogP contribution in [-0.4, -0.2) is 59.6 Å². The Kier molecular flexibility index (Phi) is 9.90. The second-order valence-electron chi connectivity index (χ2n) is 11.2. The Hall–Kier alpha value is -2.16. The van der Waals surface area contributed by atoms with Gasteiger partial charge in [-0.1, -0.05) is 41.5 Å². The zero-order valence-corrected chi connectivity index (χ0v) is 21.8. The lowest BCUT2D eigenvalue weighted by atomic mass is 9.92. The van der Waals surface area contributed by atoms with E-state index >= 15 is 0 Å². The van der Waals surface area contributed by atoms with E-state index in [1.807, 2.05) is 13.8 Å². The number of ketones is 1. The molecular weight excluding hydrogens is 426 g/mol. The molecule has 9 nitrogen and oxygen atoms in total. The summed E-state index contributed by atoms with van der Waals surface area (Å²) in [5, 5.41) is 8.10. The van der Waals surface area contributed by atoms with Crippen LogP contribution in [0.15, 0.2) is 0 Å². The fourth-order valence-electron chi connectivity index (χ4n) is 3.31. The first-order chi connectivity index (χ1) is 15.0. The number of nitrogens with one attached hydrogen (secondary N) is 3. The van der Waals surface area contributed by atoms with Crippen LogP contribution >= 0.6 is 0 Å². The van der Waals surface area contributed by atoms with E-state index in [2.05, 4.69) is 16.0 Å². The molecule has 0 aliphatic carbocycles. The number of urea groups is 1. The van der Waals surface area contributed by atoms with Gasteiger partial charge in [-0.05, 0) is 51.9 Å². The van der Waals surface area contributed by atoms with E-state index in [4.69, 9.17) is 9.47 Å². The van der Waals surface area contributed by atoms with Crippen LogP contribution in [0.5, 0.6) is 0 Å². The van der Waals surface area contributed by atoms with Gasteiger partial charge in [0, 0.05) is 0 Å². The maximum Gasteiger partial charge on any atom is 0.329 e. The van der Waals surface area contributed by atoms with Gasteiger partial charge < -0.3 is 25.4 Å². The molecule has 3 N–H and O–H groups in total. The molecule has 0 spiro atoms. The molecule has 1 heterocycles. The van der Waals surface area contributed by atoms with Gasteiger partial charge in [0.05, 0.1) is 12.6 Å². The van der Waals surface area contributed by atoms with Crippen molar-refractivity contribution in [1.82, 2.24) is 16.0 Å². The molecule has 0 aromatic heterocycles. The molecular formula is C24H43N3O6. The summed E-state index contributed by atoms with van der Waals surface area (Å²) < 4.78 is 10.7. The van der Waals surface area contributed by atoms with Crippen LogP contribution in [0.25, 0.3) is 0 Å². The molecule has 190 valence electrons. The van der Waals surface area contributed by atoms with Crippen LogP contribution in [0.2, 0.25) is 0 Å². The van der Waals surface area contributed by atoms with Crippen LogP contribution in [0.4, 0.5) is 4.79 Å². The fraction of sp³-hybridized carbons (Fsp3) is 0.833. The van der Waals surface area contributed by atoms with Gasteiger partial charge in [0.1, 0.15) is 23.3 Å². The molecule has 0 unspecified atom stereocenters. The lowest BCUT2D eigenvalue weighted by Gasteiger charge is -2.29. The quantitative estimate of drug-likeness (QED) is 0.315. The first-order valence-electron chi connectivity index (χ1n) is 11.8. The summed E-state index contributed by atoms with van der Waals surface area (Å²) in [7, 11) is 0. The number of hydrogen-bond acceptors (Lipinski definition) is 6. The Morgan fingerprint density at radius 2 is 1.39 bits per heavy atom. The topological polar surface area (TPSA) is 126 Å². The number of epoxide rings is 1. The third-order valence-electron chi connectivity index (χ3n) is 5.29. The molecule has 0 aromatic carbocycles. The van der Waals surface area contributed by atoms with E-state index in [0.29, 0.717) is 13.0 Å². The van der Waals surface area contributed by atoms with Crippen LogP contribution in [0.1, 0.15) is 75.7 Å². The molecule has 4 atom stereocenters. The zero-order chi connectivity index (χ0) is 25.7. The minimum absolute atomic E-state index is 0.165. The molecule has 3 amide bonds. The zero-order valence-electron chi connectivity index (χ0n) is 21.8. The van der Waals surface area contributed by atoms with Crippen molar-refractivity contribution < 1.29 is 28.7 Å². The third kappa shape index (κ3) is 9.31. The molecule has 9 heteroatoms. The van der Waals surface area contributed by atoms with Crippen LogP contribution in [0.3, 0.4) is 0 Å². The number of carbonyl (C=O) groups is 4. The van der Waals surface area contributed by atoms with Crippen molar-refractivity contribution in [2.24, 2.45) is 17.8 Å². The second kappa shape index (κ2) is 11.3. The molecule has 1 aliphatic rings. The highest BCUT2D eigenvalue weighted by Gasteiger charge is 2.50. The maximum atomic E-state index is 13.1. The van der Waals surface area contributed by atoms with Crippen molar-refractivity contribution in [3.63, 3.8) is 0 Å². The average Bonchev–Trinajstić information content (AvgIpc) is 3.39. The van der Waals surface area contributed by atoms with E-state index < -0.39 is 47.2 Å². The molecule has 1 rings (SSSR count). The summed E-state index contributed by atoms with van der Waals surface area (Å²) in [5.74, 6) is -1.46. The summed E-state index contributed by atoms with van der Waals surface area (Å²) in [6.07, 6.45) is 0.467. The minimum Gasteiger partial charge on any atom is -0.458 e. The highest BCUT2D eigenvalue weighted by molar-refractivity contribution is 5.98. The van der Waals surface area contributed by atoms with E-state index in [1.165, 1.54) is 0 Å². The van der Waals surface area contributed by atoms with Crippen LogP contribution < -0.4 is 16.0 Å². The van der Waals surface area contributed by atoms with Crippen molar-refractivity contribution in [2.75, 3.05) is 6.61 Å². The molecule has 0 aromatic rings. The minimum atomic E-state index is -0.896. The highest BCUT2D eigenvalue weighted by atomic mass is 16.6. The molecule has 1 fully saturated rings. The Morgan fingerprint density at radius 3 is 1.79 bits per heavy atom. The molecule has 0 bridgehead atoms. The standard InChI is InChI=1S/C24H43N3O6/c1-13(2)11-16(19(28)24(10)12-32-24)25-20(29)17(14(3)4)26-22(31)27-18(15(5)6)21(30)33-23(7,8)9/h13-18H,11-12H2,1-10H3,(H,25,29)(H2,26,27,31)/t16-,17-,18+,24+/m0/s1. The number of hydrogen-bond donors (Lipinski definition) is 3. The normalized spacial score (nSPS) is 20.8. The third-order valence-corrected chi connectivity index (χ3v) is 5.29. The number of amides is 3. The summed E-state index contributed by atoms with van der Waals surface area (Å²) in [5.41, 5.74) is -1.55. The molecule has 1 saturated heterocycles. The van der Waals surface area contributed by atoms with Gasteiger partial charge in [0.25, 0.3) is 0 Å². The summed E-state index contributed by atoms with van der Waals surface area (Å²) in [6, 6.07) is -3.13. The molecule has 0 radical (unpaired) electrons. The number of ether oxygens (including phenoxy) is 2. The second-order valence-corrected chi connectivity index (χ2v) is 11.2. The monoisotopic (exact) mass is 469 g/mol. The van der Waals surface area contributed by atoms with Gasteiger partial charge in [-0.15, -0.1) is 0 Å². The largest absolute Gasteiger partial charge is 0.458 e. The number of carbonyl (C=O) groups excluding carboxylic acids is 4. The number of Topliss-reactive ketones (excluding diaryl/α,β-unsaturated/α-hetero) is 1. The van der Waals surface area contributed by atoms with E-state index in [1.54, 1.807) is 55.4 Å². The fourth-order valence-corrected chi connectivity index (χ4v) is 3.31. The molecule has 33 heavy (non-hydrogen) atoms. The number of rotatable bonds is 11. The summed E-state index contributed by atoms with van der Waals surface area (Å²) >= 11 is 0. The van der Waals surface area contributed by atoms with Crippen molar-refractivity contribution >= 4 is 23.7 Å². The van der Waals surface area contributed by atoms with Crippen LogP contribution in [0, 0.1) is 17.8 Å². The average molecular weight is 470 g/mol. The first-order valence-corrected chi connectivity index (χ1v) is 11.8. The highest BCUT2D eigenvalue weighted by Crippen LogP contribution is 2.29. The molecule has 0 saturated carbocycles. The van der Waals surface area contributed by atoms with Crippen molar-refractivity contribution in [3.05, 3.63) is 0 Å². The lowest BCUT2D eigenvalue weighted by Crippen LogP contribution is -2.58. The van der Waals surface area contributed by atoms with Gasteiger partial charge >= 0.3 is 12.0 Å². The SMILES string of the molecule is CC(C)C[C@H](NC(=O)[C@@H](NC(=O)N[C@@H](C(=O)OC(C)(C)C)C(C)C)C(C)C)C(=O)[C@@]1(C)CO1. The van der Waals surface area contributed by atoms with Gasteiger partial charge in [-0.2, -0.15) is 0 Å². The Bertz CT molecular complexity index is 722. The van der Waals surface area contributed by atoms with E-state index in [0.717, 1.165) is 0 Å². The van der Waals surface area contributed by atoms with Gasteiger partial charge in [-0.25, -0.2) is 9.59 Å². The van der Waals surface area contributed by atoms with E-state index in [-0.39, 0.29) is 23.5 Å². The van der Waals surface area contributed by atoms with Gasteiger partial charge in [-0.3, -0.25) is 9.59 Å².